The Balaban J connectivity index is 3.12. The van der Waals surface area contributed by atoms with Gasteiger partial charge >= 0.3 is 11.9 Å². The number of aliphatic hydroxyl groups excluding tert-OH is 2. The Morgan fingerprint density at radius 2 is 1.85 bits per heavy atom. The molecular formula is C14H22N4O8. The summed E-state index contributed by atoms with van der Waals surface area (Å²) >= 11 is 0. The molecule has 3 N–H and O–H groups in total. The molecule has 0 aromatic carbocycles. The summed E-state index contributed by atoms with van der Waals surface area (Å²) < 4.78 is 15.6. The molecule has 0 bridgehead atoms. The number of azide groups is 1. The van der Waals surface area contributed by atoms with Crippen molar-refractivity contribution in [3.63, 3.8) is 0 Å². The zero-order chi connectivity index (χ0) is 19.7. The number of carbonyl (C=O) groups is 3. The second-order valence-electron chi connectivity index (χ2n) is 5.35. The lowest BCUT2D eigenvalue weighted by molar-refractivity contribution is -0.266. The molecule has 146 valence electrons. The number of carbonyl (C=O) groups excluding carboxylic acids is 3. The van der Waals surface area contributed by atoms with Gasteiger partial charge in [-0.3, -0.25) is 14.4 Å². The predicted molar refractivity (Wildman–Crippen MR) is 84.3 cm³/mol. The fourth-order valence-corrected chi connectivity index (χ4v) is 2.24. The first-order chi connectivity index (χ1) is 12.4. The van der Waals surface area contributed by atoms with E-state index in [2.05, 4.69) is 15.3 Å². The summed E-state index contributed by atoms with van der Waals surface area (Å²) in [7, 11) is 0. The number of amides is 1. The molecule has 1 aliphatic heterocycles. The van der Waals surface area contributed by atoms with Gasteiger partial charge in [0.25, 0.3) is 0 Å². The van der Waals surface area contributed by atoms with Crippen LogP contribution >= 0.6 is 0 Å². The Hall–Kier alpha value is -2.40. The SMILES string of the molecule is CCC(=O)OC1O[C@H](CO)[C@@H](O)[C@H](OC(=O)CC)[C@H]1NC(=O)CN=[N+]=[N-]. The molecule has 1 fully saturated rings. The van der Waals surface area contributed by atoms with Crippen LogP contribution in [-0.2, 0) is 28.6 Å². The summed E-state index contributed by atoms with van der Waals surface area (Å²) in [5.74, 6) is -2.11. The van der Waals surface area contributed by atoms with Crippen LogP contribution in [0.3, 0.4) is 0 Å². The molecular weight excluding hydrogens is 352 g/mol. The highest BCUT2D eigenvalue weighted by atomic mass is 16.7. The number of rotatable bonds is 8. The van der Waals surface area contributed by atoms with Gasteiger partial charge in [-0.1, -0.05) is 19.0 Å². The van der Waals surface area contributed by atoms with Crippen LogP contribution in [0.2, 0.25) is 0 Å². The first kappa shape index (κ1) is 21.6. The summed E-state index contributed by atoms with van der Waals surface area (Å²) in [6.07, 6.45) is -5.47. The highest BCUT2D eigenvalue weighted by Crippen LogP contribution is 2.25. The van der Waals surface area contributed by atoms with Gasteiger partial charge in [-0.2, -0.15) is 0 Å². The maximum absolute atomic E-state index is 11.9. The number of hydrogen-bond acceptors (Lipinski definition) is 9. The molecule has 12 heteroatoms. The molecule has 1 unspecified atom stereocenters. The molecule has 12 nitrogen and oxygen atoms in total. The quantitative estimate of drug-likeness (QED) is 0.212. The zero-order valence-corrected chi connectivity index (χ0v) is 14.4. The zero-order valence-electron chi connectivity index (χ0n) is 14.4. The lowest BCUT2D eigenvalue weighted by Crippen LogP contribution is -2.66. The monoisotopic (exact) mass is 374 g/mol. The molecule has 5 atom stereocenters. The smallest absolute Gasteiger partial charge is 0.307 e. The Morgan fingerprint density at radius 3 is 2.38 bits per heavy atom. The second kappa shape index (κ2) is 10.6. The maximum atomic E-state index is 11.9. The summed E-state index contributed by atoms with van der Waals surface area (Å²) in [5, 5.41) is 25.1. The molecule has 0 aliphatic carbocycles. The van der Waals surface area contributed by atoms with Crippen LogP contribution in [0.5, 0.6) is 0 Å². The number of ether oxygens (including phenoxy) is 3. The summed E-state index contributed by atoms with van der Waals surface area (Å²) in [6.45, 7) is 1.87. The molecule has 1 aliphatic rings. The van der Waals surface area contributed by atoms with Gasteiger partial charge < -0.3 is 29.7 Å². The highest BCUT2D eigenvalue weighted by Gasteiger charge is 2.49. The number of esters is 2. The number of hydrogen-bond donors (Lipinski definition) is 3. The molecule has 0 spiro atoms. The van der Waals surface area contributed by atoms with E-state index in [1.54, 1.807) is 0 Å². The fourth-order valence-electron chi connectivity index (χ4n) is 2.24. The van der Waals surface area contributed by atoms with Crippen LogP contribution in [0.15, 0.2) is 5.11 Å². The molecule has 1 saturated heterocycles. The Labute approximate surface area is 149 Å². The molecule has 0 aromatic heterocycles. The van der Waals surface area contributed by atoms with Crippen LogP contribution in [0.25, 0.3) is 10.4 Å². The van der Waals surface area contributed by atoms with Crippen molar-refractivity contribution in [1.82, 2.24) is 5.32 Å². The van der Waals surface area contributed by atoms with Crippen molar-refractivity contribution in [2.24, 2.45) is 5.11 Å². The Kier molecular flexibility index (Phi) is 8.79. The minimum atomic E-state index is -1.49. The second-order valence-corrected chi connectivity index (χ2v) is 5.35. The van der Waals surface area contributed by atoms with E-state index in [4.69, 9.17) is 19.7 Å². The van der Waals surface area contributed by atoms with Crippen molar-refractivity contribution in [1.29, 1.82) is 0 Å². The van der Waals surface area contributed by atoms with Crippen molar-refractivity contribution >= 4 is 17.8 Å². The van der Waals surface area contributed by atoms with Crippen LogP contribution in [0.4, 0.5) is 0 Å². The number of nitrogens with one attached hydrogen (secondary N) is 1. The standard InChI is InChI=1S/C14H22N4O8/c1-3-9(21)25-13-11(17-8(20)5-16-18-15)14(26-10(22)4-2)24-7(6-19)12(13)23/h7,11-14,19,23H,3-6H2,1-2H3,(H,17,20)/t7-,11-,12-,13-,14?/m1/s1. The molecule has 26 heavy (non-hydrogen) atoms. The lowest BCUT2D eigenvalue weighted by atomic mass is 9.96. The van der Waals surface area contributed by atoms with Crippen molar-refractivity contribution in [3.05, 3.63) is 10.4 Å². The van der Waals surface area contributed by atoms with Crippen molar-refractivity contribution in [2.75, 3.05) is 13.2 Å². The van der Waals surface area contributed by atoms with E-state index in [1.165, 1.54) is 13.8 Å². The predicted octanol–water partition coefficient (Wildman–Crippen LogP) is -0.865. The van der Waals surface area contributed by atoms with E-state index in [0.717, 1.165) is 0 Å². The summed E-state index contributed by atoms with van der Waals surface area (Å²) in [5.41, 5.74) is 8.28. The van der Waals surface area contributed by atoms with Gasteiger partial charge in [0.1, 0.15) is 24.8 Å². The van der Waals surface area contributed by atoms with E-state index < -0.39 is 61.6 Å². The molecule has 1 heterocycles. The van der Waals surface area contributed by atoms with Gasteiger partial charge in [-0.15, -0.1) is 0 Å². The van der Waals surface area contributed by atoms with Gasteiger partial charge in [-0.05, 0) is 5.53 Å². The van der Waals surface area contributed by atoms with Crippen LogP contribution in [0, 0.1) is 0 Å². The summed E-state index contributed by atoms with van der Waals surface area (Å²) in [6, 6.07) is -1.26. The molecule has 0 saturated carbocycles. The van der Waals surface area contributed by atoms with Crippen molar-refractivity contribution < 1.29 is 38.8 Å². The molecule has 0 radical (unpaired) electrons. The van der Waals surface area contributed by atoms with Crippen LogP contribution < -0.4 is 5.32 Å². The average molecular weight is 374 g/mol. The van der Waals surface area contributed by atoms with E-state index >= 15 is 0 Å². The highest BCUT2D eigenvalue weighted by molar-refractivity contribution is 5.79. The summed E-state index contributed by atoms with van der Waals surface area (Å²) in [4.78, 5) is 37.7. The maximum Gasteiger partial charge on any atom is 0.307 e. The van der Waals surface area contributed by atoms with E-state index in [0.29, 0.717) is 0 Å². The van der Waals surface area contributed by atoms with E-state index in [1.807, 2.05) is 0 Å². The third-order valence-corrected chi connectivity index (χ3v) is 3.55. The third-order valence-electron chi connectivity index (χ3n) is 3.55. The minimum Gasteiger partial charge on any atom is -0.457 e. The van der Waals surface area contributed by atoms with Crippen LogP contribution in [-0.4, -0.2) is 71.9 Å². The normalized spacial score (nSPS) is 27.8. The molecule has 1 rings (SSSR count). The van der Waals surface area contributed by atoms with Gasteiger partial charge in [0.2, 0.25) is 12.2 Å². The van der Waals surface area contributed by atoms with Crippen molar-refractivity contribution in [3.8, 4) is 0 Å². The molecule has 1 amide bonds. The van der Waals surface area contributed by atoms with Crippen LogP contribution in [0.1, 0.15) is 26.7 Å². The lowest BCUT2D eigenvalue weighted by Gasteiger charge is -2.43. The van der Waals surface area contributed by atoms with Gasteiger partial charge in [0.15, 0.2) is 6.10 Å². The van der Waals surface area contributed by atoms with Gasteiger partial charge in [-0.25, -0.2) is 0 Å². The van der Waals surface area contributed by atoms with Gasteiger partial charge in [0.05, 0.1) is 6.61 Å². The topological polar surface area (TPSA) is 180 Å². The first-order valence-electron chi connectivity index (χ1n) is 8.01. The largest absolute Gasteiger partial charge is 0.457 e. The Bertz CT molecular complexity index is 565. The third kappa shape index (κ3) is 5.85. The van der Waals surface area contributed by atoms with Gasteiger partial charge in [0, 0.05) is 17.8 Å². The number of nitrogens with zero attached hydrogens (tertiary/aromatic N) is 3. The van der Waals surface area contributed by atoms with E-state index in [9.17, 15) is 24.6 Å². The fraction of sp³-hybridized carbons (Fsp3) is 0.786. The molecule has 0 aromatic rings. The minimum absolute atomic E-state index is 0.00497. The Morgan fingerprint density at radius 1 is 1.23 bits per heavy atom. The first-order valence-corrected chi connectivity index (χ1v) is 8.01. The average Bonchev–Trinajstić information content (AvgIpc) is 2.64. The van der Waals surface area contributed by atoms with E-state index in [-0.39, 0.29) is 12.8 Å². The van der Waals surface area contributed by atoms with Crippen molar-refractivity contribution in [2.45, 2.75) is 57.3 Å². The number of aliphatic hydroxyl groups is 2.